The summed E-state index contributed by atoms with van der Waals surface area (Å²) in [7, 11) is -0.326. The molecule has 0 radical (unpaired) electrons. The normalized spacial score (nSPS) is 10.5. The molecule has 0 atom stereocenters. The number of hydrogen-bond donors (Lipinski definition) is 0. The van der Waals surface area contributed by atoms with Crippen molar-refractivity contribution in [2.45, 2.75) is 42.4 Å². The molecule has 0 aliphatic heterocycles. The Morgan fingerprint density at radius 3 is 1.41 bits per heavy atom. The minimum Gasteiger partial charge on any atom is -0.522 e. The van der Waals surface area contributed by atoms with Crippen molar-refractivity contribution in [1.82, 2.24) is 0 Å². The van der Waals surface area contributed by atoms with Crippen LogP contribution in [0.2, 0.25) is 0 Å². The first-order chi connectivity index (χ1) is 22.8. The molecule has 6 aromatic carbocycles. The Balaban J connectivity index is 0.000000184. The molecule has 0 unspecified atom stereocenters. The SMILES string of the molecule is CCCCc1ccccc1B(Oc1ccccc1)Oc1ccccc1.c1ccc(CC[S+](c2ccccc2)c2ccccc2)cc1. The molecule has 0 saturated carbocycles. The molecule has 0 bridgehead atoms. The van der Waals surface area contributed by atoms with Gasteiger partial charge in [0.25, 0.3) is 0 Å². The van der Waals surface area contributed by atoms with E-state index in [1.165, 1.54) is 20.9 Å². The van der Waals surface area contributed by atoms with Gasteiger partial charge in [0.2, 0.25) is 0 Å². The van der Waals surface area contributed by atoms with E-state index in [0.29, 0.717) is 0 Å². The molecular weight excluding hydrogens is 579 g/mol. The molecule has 0 aliphatic carbocycles. The highest BCUT2D eigenvalue weighted by molar-refractivity contribution is 7.97. The third-order valence-corrected chi connectivity index (χ3v) is 9.87. The third kappa shape index (κ3) is 10.2. The predicted molar refractivity (Wildman–Crippen MR) is 196 cm³/mol. The summed E-state index contributed by atoms with van der Waals surface area (Å²) >= 11 is 0. The summed E-state index contributed by atoms with van der Waals surface area (Å²) in [5, 5.41) is 0. The predicted octanol–water partition coefficient (Wildman–Crippen LogP) is 9.85. The Kier molecular flexibility index (Phi) is 13.0. The molecule has 0 aliphatic rings. The van der Waals surface area contributed by atoms with Gasteiger partial charge in [-0.25, -0.2) is 0 Å². The molecule has 46 heavy (non-hydrogen) atoms. The van der Waals surface area contributed by atoms with Crippen LogP contribution in [0.25, 0.3) is 0 Å². The second-order valence-corrected chi connectivity index (χ2v) is 13.1. The van der Waals surface area contributed by atoms with E-state index in [1.807, 2.05) is 66.7 Å². The largest absolute Gasteiger partial charge is 0.632 e. The van der Waals surface area contributed by atoms with Crippen LogP contribution in [-0.4, -0.2) is 12.9 Å². The van der Waals surface area contributed by atoms with E-state index in [1.54, 1.807) is 0 Å². The Labute approximate surface area is 278 Å². The highest BCUT2D eigenvalue weighted by Gasteiger charge is 2.29. The van der Waals surface area contributed by atoms with Gasteiger partial charge in [-0.15, -0.1) is 0 Å². The summed E-state index contributed by atoms with van der Waals surface area (Å²) in [6.07, 6.45) is 4.46. The molecule has 4 heteroatoms. The topological polar surface area (TPSA) is 18.5 Å². The molecule has 0 fully saturated rings. The minimum atomic E-state index is -0.474. The molecule has 6 rings (SSSR count). The van der Waals surface area contributed by atoms with Crippen LogP contribution in [0.5, 0.6) is 11.5 Å². The van der Waals surface area contributed by atoms with Crippen molar-refractivity contribution in [2.24, 2.45) is 0 Å². The number of aryl methyl sites for hydroxylation is 2. The average molecular weight is 622 g/mol. The standard InChI is InChI=1S/C22H23BO2.C20H19S/c1-2-3-12-19-13-10-11-18-22(19)23(24-20-14-6-4-7-15-20)25-21-16-8-5-9-17-21;1-4-10-18(11-5-1)16-17-21(19-12-6-2-7-13-19)20-14-8-3-9-15-20/h4-11,13-18H,2-3,12H2,1H3;1-15H,16-17H2/q;+1. The van der Waals surface area contributed by atoms with Gasteiger partial charge in [-0.3, -0.25) is 0 Å². The van der Waals surface area contributed by atoms with Crippen molar-refractivity contribution < 1.29 is 9.31 Å². The molecule has 6 aromatic rings. The zero-order valence-electron chi connectivity index (χ0n) is 26.6. The molecule has 0 spiro atoms. The van der Waals surface area contributed by atoms with Crippen molar-refractivity contribution >= 4 is 23.5 Å². The highest BCUT2D eigenvalue weighted by Crippen LogP contribution is 2.24. The van der Waals surface area contributed by atoms with Crippen LogP contribution in [-0.2, 0) is 23.7 Å². The summed E-state index contributed by atoms with van der Waals surface area (Å²) < 4.78 is 12.4. The highest BCUT2D eigenvalue weighted by atomic mass is 32.2. The molecule has 2 nitrogen and oxygen atoms in total. The number of benzene rings is 6. The molecular formula is C42H42BO2S+. The van der Waals surface area contributed by atoms with Gasteiger partial charge in [0.05, 0.1) is 10.9 Å². The molecule has 0 N–H and O–H groups in total. The van der Waals surface area contributed by atoms with Gasteiger partial charge in [-0.2, -0.15) is 0 Å². The van der Waals surface area contributed by atoms with E-state index in [-0.39, 0.29) is 10.9 Å². The van der Waals surface area contributed by atoms with E-state index >= 15 is 0 Å². The van der Waals surface area contributed by atoms with Crippen molar-refractivity contribution in [2.75, 3.05) is 5.75 Å². The van der Waals surface area contributed by atoms with E-state index in [9.17, 15) is 0 Å². The molecule has 0 heterocycles. The van der Waals surface area contributed by atoms with Crippen LogP contribution in [0.3, 0.4) is 0 Å². The van der Waals surface area contributed by atoms with Crippen LogP contribution < -0.4 is 14.8 Å². The van der Waals surface area contributed by atoms with Gasteiger partial charge in [0.1, 0.15) is 17.3 Å². The number of rotatable bonds is 13. The maximum Gasteiger partial charge on any atom is 0.632 e. The van der Waals surface area contributed by atoms with Crippen LogP contribution in [0, 0.1) is 0 Å². The Bertz CT molecular complexity index is 1590. The second kappa shape index (κ2) is 18.3. The Hall–Kier alpha value is -4.67. The number of para-hydroxylation sites is 2. The van der Waals surface area contributed by atoms with Crippen molar-refractivity contribution in [3.05, 3.63) is 187 Å². The monoisotopic (exact) mass is 621 g/mol. The molecule has 0 amide bonds. The summed E-state index contributed by atoms with van der Waals surface area (Å²) in [5.74, 6) is 2.76. The lowest BCUT2D eigenvalue weighted by Gasteiger charge is -2.19. The second-order valence-electron chi connectivity index (χ2n) is 11.0. The van der Waals surface area contributed by atoms with Gasteiger partial charge in [0.15, 0.2) is 9.79 Å². The first-order valence-electron chi connectivity index (χ1n) is 16.2. The van der Waals surface area contributed by atoms with Crippen LogP contribution in [0.1, 0.15) is 30.9 Å². The summed E-state index contributed by atoms with van der Waals surface area (Å²) in [6, 6.07) is 60.6. The summed E-state index contributed by atoms with van der Waals surface area (Å²) in [4.78, 5) is 2.86. The molecule has 0 saturated heterocycles. The minimum absolute atomic E-state index is 0.148. The van der Waals surface area contributed by atoms with Gasteiger partial charge in [-0.05, 0) is 72.5 Å². The van der Waals surface area contributed by atoms with E-state index < -0.39 is 7.12 Å². The first-order valence-corrected chi connectivity index (χ1v) is 17.6. The van der Waals surface area contributed by atoms with Crippen molar-refractivity contribution in [1.29, 1.82) is 0 Å². The smallest absolute Gasteiger partial charge is 0.522 e. The van der Waals surface area contributed by atoms with Gasteiger partial charge in [0, 0.05) is 11.9 Å². The van der Waals surface area contributed by atoms with Crippen LogP contribution in [0.4, 0.5) is 0 Å². The van der Waals surface area contributed by atoms with Gasteiger partial charge < -0.3 is 9.31 Å². The maximum absolute atomic E-state index is 6.20. The van der Waals surface area contributed by atoms with E-state index in [0.717, 1.165) is 48.4 Å². The zero-order valence-corrected chi connectivity index (χ0v) is 27.4. The lowest BCUT2D eigenvalue weighted by atomic mass is 9.74. The van der Waals surface area contributed by atoms with Gasteiger partial charge in [-0.1, -0.05) is 141 Å². The fourth-order valence-electron chi connectivity index (χ4n) is 5.16. The average Bonchev–Trinajstić information content (AvgIpc) is 3.13. The lowest BCUT2D eigenvalue weighted by Crippen LogP contribution is -2.44. The number of unbranched alkanes of at least 4 members (excludes halogenated alkanes) is 1. The first kappa shape index (κ1) is 32.7. The Morgan fingerprint density at radius 2 is 0.913 bits per heavy atom. The summed E-state index contributed by atoms with van der Waals surface area (Å²) in [5.41, 5.74) is 3.78. The van der Waals surface area contributed by atoms with Gasteiger partial charge >= 0.3 is 7.12 Å². The number of hydrogen-bond acceptors (Lipinski definition) is 2. The van der Waals surface area contributed by atoms with Crippen LogP contribution >= 0.6 is 0 Å². The molecule has 230 valence electrons. The Morgan fingerprint density at radius 1 is 0.478 bits per heavy atom. The van der Waals surface area contributed by atoms with Crippen molar-refractivity contribution in [3.8, 4) is 11.5 Å². The third-order valence-electron chi connectivity index (χ3n) is 7.57. The maximum atomic E-state index is 6.20. The van der Waals surface area contributed by atoms with E-state index in [2.05, 4.69) is 116 Å². The van der Waals surface area contributed by atoms with E-state index in [4.69, 9.17) is 9.31 Å². The van der Waals surface area contributed by atoms with Crippen molar-refractivity contribution in [3.63, 3.8) is 0 Å². The fraction of sp³-hybridized carbons (Fsp3) is 0.143. The zero-order chi connectivity index (χ0) is 31.7. The quantitative estimate of drug-likeness (QED) is 0.0944. The summed E-state index contributed by atoms with van der Waals surface area (Å²) in [6.45, 7) is 2.21. The molecule has 0 aromatic heterocycles. The fourth-order valence-corrected chi connectivity index (χ4v) is 7.32. The van der Waals surface area contributed by atoms with Crippen LogP contribution in [0.15, 0.2) is 186 Å². The lowest BCUT2D eigenvalue weighted by molar-refractivity contribution is 0.438.